The topological polar surface area (TPSA) is 93.2 Å². The molecule has 1 amide bonds. The van der Waals surface area contributed by atoms with E-state index in [0.717, 1.165) is 58.2 Å². The second kappa shape index (κ2) is 17.0. The predicted molar refractivity (Wildman–Crippen MR) is 134 cm³/mol. The quantitative estimate of drug-likeness (QED) is 0.161. The van der Waals surface area contributed by atoms with Crippen molar-refractivity contribution in [1.29, 1.82) is 0 Å². The van der Waals surface area contributed by atoms with Crippen molar-refractivity contribution in [3.63, 3.8) is 0 Å². The summed E-state index contributed by atoms with van der Waals surface area (Å²) in [6, 6.07) is 7.10. The van der Waals surface area contributed by atoms with Crippen LogP contribution in [0.3, 0.4) is 0 Å². The van der Waals surface area contributed by atoms with Crippen LogP contribution in [-0.2, 0) is 9.47 Å². The van der Waals surface area contributed by atoms with Crippen molar-refractivity contribution < 1.29 is 19.0 Å². The number of carbonyl (C=O) groups excluding carboxylic acids is 1. The molecule has 8 nitrogen and oxygen atoms in total. The molecule has 0 saturated carbocycles. The van der Waals surface area contributed by atoms with Crippen molar-refractivity contribution >= 4 is 35.8 Å². The fourth-order valence-electron chi connectivity index (χ4n) is 3.09. The van der Waals surface area contributed by atoms with Crippen molar-refractivity contribution in [3.05, 3.63) is 29.8 Å². The van der Waals surface area contributed by atoms with E-state index >= 15 is 0 Å². The maximum Gasteiger partial charge on any atom is 0.251 e. The monoisotopic (exact) mass is 548 g/mol. The van der Waals surface area contributed by atoms with Crippen LogP contribution in [0.15, 0.2) is 29.3 Å². The number of rotatable bonds is 12. The average Bonchev–Trinajstić information content (AvgIpc) is 2.79. The Hall–Kier alpha value is -1.59. The molecular formula is C22H37IN4O4. The smallest absolute Gasteiger partial charge is 0.251 e. The molecule has 1 aromatic rings. The van der Waals surface area contributed by atoms with E-state index in [9.17, 15) is 4.79 Å². The van der Waals surface area contributed by atoms with Gasteiger partial charge in [-0.05, 0) is 50.3 Å². The molecule has 1 saturated heterocycles. The minimum atomic E-state index is -0.126. The highest BCUT2D eigenvalue weighted by Crippen LogP contribution is 2.14. The molecule has 0 aliphatic carbocycles. The number of hydrogen-bond acceptors (Lipinski definition) is 5. The number of benzene rings is 1. The van der Waals surface area contributed by atoms with E-state index in [1.54, 1.807) is 25.3 Å². The molecule has 0 bridgehead atoms. The van der Waals surface area contributed by atoms with Gasteiger partial charge in [0.1, 0.15) is 5.75 Å². The summed E-state index contributed by atoms with van der Waals surface area (Å²) in [5.74, 6) is 1.92. The Kier molecular flexibility index (Phi) is 15.1. The lowest BCUT2D eigenvalue weighted by atomic mass is 10.0. The molecule has 0 atom stereocenters. The Bertz CT molecular complexity index is 654. The van der Waals surface area contributed by atoms with Gasteiger partial charge in [-0.1, -0.05) is 6.07 Å². The summed E-state index contributed by atoms with van der Waals surface area (Å²) in [6.45, 7) is 7.83. The highest BCUT2D eigenvalue weighted by molar-refractivity contribution is 14.0. The number of guanidine groups is 1. The molecule has 1 heterocycles. The second-order valence-electron chi connectivity index (χ2n) is 7.16. The number of halogens is 1. The van der Waals surface area contributed by atoms with E-state index in [-0.39, 0.29) is 29.9 Å². The number of nitrogens with one attached hydrogen (secondary N) is 3. The maximum atomic E-state index is 12.2. The zero-order valence-corrected chi connectivity index (χ0v) is 21.0. The van der Waals surface area contributed by atoms with Crippen molar-refractivity contribution in [2.75, 3.05) is 59.7 Å². The van der Waals surface area contributed by atoms with Crippen LogP contribution in [0.5, 0.6) is 5.75 Å². The van der Waals surface area contributed by atoms with Gasteiger partial charge in [-0.25, -0.2) is 0 Å². The Morgan fingerprint density at radius 1 is 1.19 bits per heavy atom. The summed E-state index contributed by atoms with van der Waals surface area (Å²) >= 11 is 0. The van der Waals surface area contributed by atoms with Gasteiger partial charge in [-0.2, -0.15) is 0 Å². The Morgan fingerprint density at radius 2 is 1.97 bits per heavy atom. The molecule has 1 aliphatic heterocycles. The number of nitrogens with zero attached hydrogens (tertiary/aromatic N) is 1. The lowest BCUT2D eigenvalue weighted by molar-refractivity contribution is 0.0205. The highest BCUT2D eigenvalue weighted by atomic mass is 127. The van der Waals surface area contributed by atoms with Crippen molar-refractivity contribution in [3.8, 4) is 5.75 Å². The van der Waals surface area contributed by atoms with Gasteiger partial charge in [0.15, 0.2) is 5.96 Å². The molecule has 0 spiro atoms. The fourth-order valence-corrected chi connectivity index (χ4v) is 3.09. The second-order valence-corrected chi connectivity index (χ2v) is 7.16. The molecule has 176 valence electrons. The standard InChI is InChI=1S/C22H36N4O4.HI/c1-3-23-22(25-10-5-13-30-17-18-8-14-29-15-9-18)26-12-11-24-21(27)19-6-4-7-20(16-19)28-2;/h4,6-7,16,18H,3,5,8-15,17H2,1-2H3,(H,24,27)(H2,23,25,26);1H. The molecule has 0 unspecified atom stereocenters. The van der Waals surface area contributed by atoms with Gasteiger partial charge in [-0.15, -0.1) is 24.0 Å². The molecule has 2 rings (SSSR count). The number of methoxy groups -OCH3 is 1. The van der Waals surface area contributed by atoms with Gasteiger partial charge < -0.3 is 30.2 Å². The number of carbonyl (C=O) groups is 1. The molecule has 0 aromatic heterocycles. The minimum absolute atomic E-state index is 0. The summed E-state index contributed by atoms with van der Waals surface area (Å²) in [4.78, 5) is 16.8. The third-order valence-corrected chi connectivity index (χ3v) is 4.79. The van der Waals surface area contributed by atoms with Gasteiger partial charge in [0.2, 0.25) is 0 Å². The van der Waals surface area contributed by atoms with Gasteiger partial charge in [-0.3, -0.25) is 9.79 Å². The Labute approximate surface area is 202 Å². The molecule has 3 N–H and O–H groups in total. The highest BCUT2D eigenvalue weighted by Gasteiger charge is 2.13. The zero-order chi connectivity index (χ0) is 21.4. The number of ether oxygens (including phenoxy) is 3. The van der Waals surface area contributed by atoms with Crippen molar-refractivity contribution in [2.45, 2.75) is 26.2 Å². The summed E-state index contributed by atoms with van der Waals surface area (Å²) in [7, 11) is 1.58. The molecule has 1 aromatic carbocycles. The van der Waals surface area contributed by atoms with E-state index in [0.29, 0.717) is 36.9 Å². The molecule has 9 heteroatoms. The fraction of sp³-hybridized carbons (Fsp3) is 0.636. The first kappa shape index (κ1) is 27.4. The third-order valence-electron chi connectivity index (χ3n) is 4.79. The number of aliphatic imine (C=N–C) groups is 1. The third kappa shape index (κ3) is 11.6. The van der Waals surface area contributed by atoms with Crippen LogP contribution in [0.4, 0.5) is 0 Å². The van der Waals surface area contributed by atoms with Crippen LogP contribution >= 0.6 is 24.0 Å². The molecular weight excluding hydrogens is 511 g/mol. The van der Waals surface area contributed by atoms with E-state index < -0.39 is 0 Å². The van der Waals surface area contributed by atoms with Gasteiger partial charge in [0, 0.05) is 58.2 Å². The lowest BCUT2D eigenvalue weighted by Gasteiger charge is -2.21. The van der Waals surface area contributed by atoms with Crippen LogP contribution in [0.1, 0.15) is 36.5 Å². The summed E-state index contributed by atoms with van der Waals surface area (Å²) in [6.07, 6.45) is 3.08. The number of amides is 1. The Morgan fingerprint density at radius 3 is 2.71 bits per heavy atom. The van der Waals surface area contributed by atoms with Crippen molar-refractivity contribution in [2.24, 2.45) is 10.9 Å². The molecule has 1 aliphatic rings. The van der Waals surface area contributed by atoms with E-state index in [2.05, 4.69) is 20.9 Å². The predicted octanol–water partition coefficient (Wildman–Crippen LogP) is 2.43. The van der Waals surface area contributed by atoms with Crippen LogP contribution in [0, 0.1) is 5.92 Å². The lowest BCUT2D eigenvalue weighted by Crippen LogP contribution is -2.41. The van der Waals surface area contributed by atoms with Gasteiger partial charge in [0.25, 0.3) is 5.91 Å². The molecule has 0 radical (unpaired) electrons. The molecule has 1 fully saturated rings. The summed E-state index contributed by atoms with van der Waals surface area (Å²) < 4.78 is 16.3. The van der Waals surface area contributed by atoms with Crippen LogP contribution < -0.4 is 20.7 Å². The van der Waals surface area contributed by atoms with E-state index in [1.807, 2.05) is 13.0 Å². The first-order chi connectivity index (χ1) is 14.7. The average molecular weight is 548 g/mol. The zero-order valence-electron chi connectivity index (χ0n) is 18.7. The number of hydrogen-bond donors (Lipinski definition) is 3. The van der Waals surface area contributed by atoms with E-state index in [4.69, 9.17) is 14.2 Å². The normalized spacial score (nSPS) is 14.5. The van der Waals surface area contributed by atoms with Crippen LogP contribution in [0.25, 0.3) is 0 Å². The summed E-state index contributed by atoms with van der Waals surface area (Å²) in [5.41, 5.74) is 0.579. The van der Waals surface area contributed by atoms with Crippen LogP contribution in [-0.4, -0.2) is 71.6 Å². The molecule has 31 heavy (non-hydrogen) atoms. The first-order valence-electron chi connectivity index (χ1n) is 10.8. The van der Waals surface area contributed by atoms with Gasteiger partial charge >= 0.3 is 0 Å². The van der Waals surface area contributed by atoms with Crippen LogP contribution in [0.2, 0.25) is 0 Å². The maximum absolute atomic E-state index is 12.2. The van der Waals surface area contributed by atoms with Gasteiger partial charge in [0.05, 0.1) is 7.11 Å². The Balaban J connectivity index is 0.00000480. The first-order valence-corrected chi connectivity index (χ1v) is 10.8. The summed E-state index contributed by atoms with van der Waals surface area (Å²) in [5, 5.41) is 9.35. The van der Waals surface area contributed by atoms with E-state index in [1.165, 1.54) is 0 Å². The SMILES string of the molecule is CCNC(=NCCCOCC1CCOCC1)NCCNC(=O)c1cccc(OC)c1.I. The van der Waals surface area contributed by atoms with Crippen molar-refractivity contribution in [1.82, 2.24) is 16.0 Å². The largest absolute Gasteiger partial charge is 0.497 e. The minimum Gasteiger partial charge on any atom is -0.497 e.